The van der Waals surface area contributed by atoms with Crippen molar-refractivity contribution in [3.05, 3.63) is 35.9 Å². The van der Waals surface area contributed by atoms with Crippen LogP contribution < -0.4 is 5.32 Å². The molecular weight excluding hydrogens is 264 g/mol. The van der Waals surface area contributed by atoms with Crippen LogP contribution in [-0.2, 0) is 0 Å². The third-order valence-electron chi connectivity index (χ3n) is 3.84. The highest BCUT2D eigenvalue weighted by molar-refractivity contribution is 8.00. The van der Waals surface area contributed by atoms with Gasteiger partial charge >= 0.3 is 0 Å². The molecule has 1 aliphatic rings. The first-order valence-electron chi connectivity index (χ1n) is 7.86. The maximum Gasteiger partial charge on any atom is 0.0473 e. The summed E-state index contributed by atoms with van der Waals surface area (Å²) in [7, 11) is 0. The topological polar surface area (TPSA) is 15.3 Å². The van der Waals surface area contributed by atoms with Crippen LogP contribution in [0, 0.1) is 0 Å². The minimum atomic E-state index is 0.508. The Hall–Kier alpha value is -0.510. The molecule has 3 heteroatoms. The number of hydrogen-bond donors (Lipinski definition) is 1. The number of benzene rings is 1. The van der Waals surface area contributed by atoms with Crippen molar-refractivity contribution in [1.82, 2.24) is 10.2 Å². The highest BCUT2D eigenvalue weighted by Gasteiger charge is 2.28. The smallest absolute Gasteiger partial charge is 0.0473 e. The third kappa shape index (κ3) is 4.51. The summed E-state index contributed by atoms with van der Waals surface area (Å²) in [6, 6.07) is 11.5. The molecule has 2 rings (SSSR count). The Morgan fingerprint density at radius 2 is 1.85 bits per heavy atom. The highest BCUT2D eigenvalue weighted by Crippen LogP contribution is 2.30. The molecule has 0 spiro atoms. The molecule has 20 heavy (non-hydrogen) atoms. The van der Waals surface area contributed by atoms with E-state index in [2.05, 4.69) is 73.1 Å². The standard InChI is InChI=1S/C17H28N2S/c1-4-10-18-11-17(16-8-6-5-7-9-16)19-12-14(2)20-15(3)13-19/h5-9,14-15,17-18H,4,10-13H2,1-3H3. The number of thioether (sulfide) groups is 1. The number of rotatable bonds is 6. The van der Waals surface area contributed by atoms with Gasteiger partial charge in [0.05, 0.1) is 0 Å². The molecule has 0 amide bonds. The van der Waals surface area contributed by atoms with E-state index in [1.807, 2.05) is 0 Å². The summed E-state index contributed by atoms with van der Waals surface area (Å²) in [4.78, 5) is 2.67. The third-order valence-corrected chi connectivity index (χ3v) is 5.06. The minimum absolute atomic E-state index is 0.508. The fraction of sp³-hybridized carbons (Fsp3) is 0.647. The zero-order valence-corrected chi connectivity index (χ0v) is 13.8. The predicted octanol–water partition coefficient (Wildman–Crippen LogP) is 3.55. The van der Waals surface area contributed by atoms with Crippen molar-refractivity contribution in [2.75, 3.05) is 26.2 Å². The Kier molecular flexibility index (Phi) is 6.40. The van der Waals surface area contributed by atoms with Crippen LogP contribution in [0.3, 0.4) is 0 Å². The summed E-state index contributed by atoms with van der Waals surface area (Å²) in [6.07, 6.45) is 1.20. The van der Waals surface area contributed by atoms with Crippen LogP contribution in [0.5, 0.6) is 0 Å². The Bertz CT molecular complexity index is 372. The molecule has 0 aromatic heterocycles. The van der Waals surface area contributed by atoms with Gasteiger partial charge in [0.2, 0.25) is 0 Å². The van der Waals surface area contributed by atoms with E-state index in [1.54, 1.807) is 0 Å². The van der Waals surface area contributed by atoms with Crippen molar-refractivity contribution >= 4 is 11.8 Å². The zero-order chi connectivity index (χ0) is 14.4. The molecule has 1 aliphatic heterocycles. The number of nitrogens with one attached hydrogen (secondary N) is 1. The van der Waals surface area contributed by atoms with Crippen LogP contribution >= 0.6 is 11.8 Å². The molecule has 1 fully saturated rings. The molecule has 3 unspecified atom stereocenters. The lowest BCUT2D eigenvalue weighted by molar-refractivity contribution is 0.190. The normalized spacial score (nSPS) is 25.6. The lowest BCUT2D eigenvalue weighted by atomic mass is 10.0. The molecule has 3 atom stereocenters. The molecule has 112 valence electrons. The van der Waals surface area contributed by atoms with Gasteiger partial charge in [-0.1, -0.05) is 51.1 Å². The maximum absolute atomic E-state index is 3.61. The first kappa shape index (κ1) is 15.9. The highest BCUT2D eigenvalue weighted by atomic mass is 32.2. The van der Waals surface area contributed by atoms with E-state index in [0.29, 0.717) is 6.04 Å². The van der Waals surface area contributed by atoms with Gasteiger partial charge in [0, 0.05) is 36.2 Å². The molecule has 1 aromatic rings. The second kappa shape index (κ2) is 8.06. The predicted molar refractivity (Wildman–Crippen MR) is 90.4 cm³/mol. The second-order valence-electron chi connectivity index (χ2n) is 5.84. The van der Waals surface area contributed by atoms with Crippen LogP contribution in [0.2, 0.25) is 0 Å². The fourth-order valence-electron chi connectivity index (χ4n) is 3.02. The maximum atomic E-state index is 3.61. The zero-order valence-electron chi connectivity index (χ0n) is 13.0. The van der Waals surface area contributed by atoms with Gasteiger partial charge in [0.15, 0.2) is 0 Å². The van der Waals surface area contributed by atoms with Crippen molar-refractivity contribution in [2.45, 2.75) is 43.7 Å². The van der Waals surface area contributed by atoms with Gasteiger partial charge in [-0.3, -0.25) is 4.90 Å². The first-order chi connectivity index (χ1) is 9.70. The molecule has 1 N–H and O–H groups in total. The van der Waals surface area contributed by atoms with Gasteiger partial charge in [0.1, 0.15) is 0 Å². The fourth-order valence-corrected chi connectivity index (χ4v) is 4.37. The molecule has 1 saturated heterocycles. The van der Waals surface area contributed by atoms with Gasteiger partial charge in [-0.2, -0.15) is 11.8 Å². The van der Waals surface area contributed by atoms with Gasteiger partial charge in [-0.15, -0.1) is 0 Å². The largest absolute Gasteiger partial charge is 0.315 e. The molecule has 1 aromatic carbocycles. The van der Waals surface area contributed by atoms with E-state index in [-0.39, 0.29) is 0 Å². The molecule has 0 bridgehead atoms. The molecule has 0 radical (unpaired) electrons. The summed E-state index contributed by atoms with van der Waals surface area (Å²) in [5, 5.41) is 5.08. The van der Waals surface area contributed by atoms with Crippen molar-refractivity contribution < 1.29 is 0 Å². The van der Waals surface area contributed by atoms with Crippen LogP contribution in [0.1, 0.15) is 38.8 Å². The Balaban J connectivity index is 2.09. The summed E-state index contributed by atoms with van der Waals surface area (Å²) in [5.74, 6) is 0. The number of hydrogen-bond acceptors (Lipinski definition) is 3. The van der Waals surface area contributed by atoms with E-state index >= 15 is 0 Å². The SMILES string of the molecule is CCCNCC(c1ccccc1)N1CC(C)SC(C)C1. The van der Waals surface area contributed by atoms with Crippen molar-refractivity contribution in [3.63, 3.8) is 0 Å². The average molecular weight is 292 g/mol. The van der Waals surface area contributed by atoms with Gasteiger partial charge in [0.25, 0.3) is 0 Å². The summed E-state index contributed by atoms with van der Waals surface area (Å²) < 4.78 is 0. The van der Waals surface area contributed by atoms with Gasteiger partial charge in [-0.05, 0) is 18.5 Å². The van der Waals surface area contributed by atoms with E-state index in [1.165, 1.54) is 25.1 Å². The Morgan fingerprint density at radius 3 is 2.45 bits per heavy atom. The lowest BCUT2D eigenvalue weighted by Gasteiger charge is -2.40. The molecule has 1 heterocycles. The summed E-state index contributed by atoms with van der Waals surface area (Å²) >= 11 is 2.12. The van der Waals surface area contributed by atoms with E-state index in [9.17, 15) is 0 Å². The van der Waals surface area contributed by atoms with Crippen molar-refractivity contribution in [3.8, 4) is 0 Å². The van der Waals surface area contributed by atoms with Gasteiger partial charge < -0.3 is 5.32 Å². The van der Waals surface area contributed by atoms with Gasteiger partial charge in [-0.25, -0.2) is 0 Å². The molecular formula is C17H28N2S. The quantitative estimate of drug-likeness (QED) is 0.807. The van der Waals surface area contributed by atoms with Crippen LogP contribution in [0.15, 0.2) is 30.3 Å². The first-order valence-corrected chi connectivity index (χ1v) is 8.80. The Labute approximate surface area is 128 Å². The van der Waals surface area contributed by atoms with E-state index < -0.39 is 0 Å². The van der Waals surface area contributed by atoms with Crippen LogP contribution in [0.4, 0.5) is 0 Å². The van der Waals surface area contributed by atoms with Crippen LogP contribution in [0.25, 0.3) is 0 Å². The monoisotopic (exact) mass is 292 g/mol. The molecule has 0 aliphatic carbocycles. The molecule has 0 saturated carbocycles. The lowest BCUT2D eigenvalue weighted by Crippen LogP contribution is -2.45. The van der Waals surface area contributed by atoms with Crippen molar-refractivity contribution in [1.29, 1.82) is 0 Å². The minimum Gasteiger partial charge on any atom is -0.315 e. The number of nitrogens with zero attached hydrogens (tertiary/aromatic N) is 1. The van der Waals surface area contributed by atoms with Crippen LogP contribution in [-0.4, -0.2) is 41.6 Å². The average Bonchev–Trinajstić information content (AvgIpc) is 2.43. The summed E-state index contributed by atoms with van der Waals surface area (Å²) in [6.45, 7) is 11.5. The Morgan fingerprint density at radius 1 is 1.20 bits per heavy atom. The van der Waals surface area contributed by atoms with E-state index in [4.69, 9.17) is 0 Å². The van der Waals surface area contributed by atoms with E-state index in [0.717, 1.165) is 23.6 Å². The second-order valence-corrected chi connectivity index (χ2v) is 7.72. The molecule has 2 nitrogen and oxygen atoms in total. The van der Waals surface area contributed by atoms with Crippen molar-refractivity contribution in [2.24, 2.45) is 0 Å². The summed E-state index contributed by atoms with van der Waals surface area (Å²) in [5.41, 5.74) is 1.45.